The lowest BCUT2D eigenvalue weighted by Crippen LogP contribution is -2.17. The Morgan fingerprint density at radius 2 is 1.70 bits per heavy atom. The molecule has 0 unspecified atom stereocenters. The minimum atomic E-state index is -3.46. The molecule has 7 nitrogen and oxygen atoms in total. The third-order valence-electron chi connectivity index (χ3n) is 3.49. The molecule has 0 aliphatic heterocycles. The predicted octanol–water partition coefficient (Wildman–Crippen LogP) is 3.39. The number of rotatable bonds is 5. The van der Waals surface area contributed by atoms with Crippen LogP contribution >= 0.6 is 11.8 Å². The van der Waals surface area contributed by atoms with Gasteiger partial charge in [0.2, 0.25) is 10.0 Å². The number of anilines is 2. The number of carbonyl (C=O) groups is 2. The smallest absolute Gasteiger partial charge is 0.286 e. The second-order valence-electron chi connectivity index (χ2n) is 6.12. The molecule has 0 fully saturated rings. The first-order valence-electron chi connectivity index (χ1n) is 7.95. The number of sulfonamides is 1. The van der Waals surface area contributed by atoms with Gasteiger partial charge in [0.25, 0.3) is 11.1 Å². The Bertz CT molecular complexity index is 972. The van der Waals surface area contributed by atoms with Crippen LogP contribution in [-0.4, -0.2) is 44.8 Å². The van der Waals surface area contributed by atoms with Crippen LogP contribution in [-0.2, 0) is 10.0 Å². The zero-order valence-corrected chi connectivity index (χ0v) is 17.1. The van der Waals surface area contributed by atoms with Crippen LogP contribution in [0.3, 0.4) is 0 Å². The third-order valence-corrected chi connectivity index (χ3v) is 5.20. The largest absolute Gasteiger partial charge is 0.339 e. The number of para-hydroxylation sites is 1. The summed E-state index contributed by atoms with van der Waals surface area (Å²) in [5, 5.41) is 2.61. The van der Waals surface area contributed by atoms with E-state index in [1.807, 2.05) is 0 Å². The van der Waals surface area contributed by atoms with Crippen LogP contribution in [0.2, 0.25) is 0 Å². The SMILES string of the molecule is Cc1ccc(C(=O)Nc2ccccc2SC(=O)N(C)C)cc1NS(C)(=O)=O. The molecule has 0 spiro atoms. The maximum absolute atomic E-state index is 12.6. The van der Waals surface area contributed by atoms with Crippen LogP contribution in [0.1, 0.15) is 15.9 Å². The monoisotopic (exact) mass is 407 g/mol. The van der Waals surface area contributed by atoms with E-state index in [4.69, 9.17) is 0 Å². The summed E-state index contributed by atoms with van der Waals surface area (Å²) >= 11 is 1.01. The number of amides is 2. The van der Waals surface area contributed by atoms with E-state index >= 15 is 0 Å². The summed E-state index contributed by atoms with van der Waals surface area (Å²) in [6, 6.07) is 11.7. The Kier molecular flexibility index (Phi) is 6.50. The molecule has 0 saturated carbocycles. The van der Waals surface area contributed by atoms with E-state index in [2.05, 4.69) is 10.0 Å². The molecule has 9 heteroatoms. The molecule has 0 saturated heterocycles. The van der Waals surface area contributed by atoms with Gasteiger partial charge in [0.05, 0.1) is 17.6 Å². The van der Waals surface area contributed by atoms with E-state index in [0.717, 1.165) is 18.0 Å². The number of nitrogens with one attached hydrogen (secondary N) is 2. The highest BCUT2D eigenvalue weighted by atomic mass is 32.2. The van der Waals surface area contributed by atoms with Gasteiger partial charge >= 0.3 is 0 Å². The van der Waals surface area contributed by atoms with Gasteiger partial charge in [-0.1, -0.05) is 18.2 Å². The average Bonchev–Trinajstić information content (AvgIpc) is 2.57. The number of hydrogen-bond acceptors (Lipinski definition) is 5. The first-order chi connectivity index (χ1) is 12.6. The second-order valence-corrected chi connectivity index (χ2v) is 8.86. The highest BCUT2D eigenvalue weighted by Gasteiger charge is 2.15. The van der Waals surface area contributed by atoms with Crippen LogP contribution in [0.25, 0.3) is 0 Å². The van der Waals surface area contributed by atoms with Crippen LogP contribution < -0.4 is 10.0 Å². The van der Waals surface area contributed by atoms with Crippen LogP contribution in [0.15, 0.2) is 47.4 Å². The molecule has 0 aliphatic rings. The molecule has 27 heavy (non-hydrogen) atoms. The quantitative estimate of drug-likeness (QED) is 0.741. The molecule has 0 aromatic heterocycles. The summed E-state index contributed by atoms with van der Waals surface area (Å²) in [5.74, 6) is -0.406. The highest BCUT2D eigenvalue weighted by Crippen LogP contribution is 2.29. The molecule has 2 rings (SSSR count). The second kappa shape index (κ2) is 8.45. The van der Waals surface area contributed by atoms with Crippen molar-refractivity contribution in [3.63, 3.8) is 0 Å². The Morgan fingerprint density at radius 1 is 1.04 bits per heavy atom. The summed E-state index contributed by atoms with van der Waals surface area (Å²) in [6.07, 6.45) is 1.05. The van der Waals surface area contributed by atoms with Crippen molar-refractivity contribution in [2.45, 2.75) is 11.8 Å². The van der Waals surface area contributed by atoms with E-state index in [-0.39, 0.29) is 5.24 Å². The molecule has 0 radical (unpaired) electrons. The van der Waals surface area contributed by atoms with E-state index in [0.29, 0.717) is 27.4 Å². The van der Waals surface area contributed by atoms with Crippen LogP contribution in [0, 0.1) is 6.92 Å². The Hall–Kier alpha value is -2.52. The Labute approximate surface area is 163 Å². The minimum Gasteiger partial charge on any atom is -0.339 e. The van der Waals surface area contributed by atoms with Crippen molar-refractivity contribution >= 4 is 44.3 Å². The van der Waals surface area contributed by atoms with Crippen molar-refractivity contribution in [3.8, 4) is 0 Å². The molecule has 0 heterocycles. The van der Waals surface area contributed by atoms with Crippen molar-refractivity contribution in [1.29, 1.82) is 0 Å². The van der Waals surface area contributed by atoms with E-state index in [1.165, 1.54) is 11.0 Å². The van der Waals surface area contributed by atoms with Crippen LogP contribution in [0.4, 0.5) is 16.2 Å². The molecule has 2 aromatic carbocycles. The van der Waals surface area contributed by atoms with Crippen molar-refractivity contribution < 1.29 is 18.0 Å². The van der Waals surface area contributed by atoms with Gasteiger partial charge in [-0.15, -0.1) is 0 Å². The van der Waals surface area contributed by atoms with Gasteiger partial charge in [0, 0.05) is 24.6 Å². The van der Waals surface area contributed by atoms with Crippen molar-refractivity contribution in [2.24, 2.45) is 0 Å². The van der Waals surface area contributed by atoms with E-state index in [1.54, 1.807) is 57.4 Å². The van der Waals surface area contributed by atoms with Gasteiger partial charge < -0.3 is 10.2 Å². The summed E-state index contributed by atoms with van der Waals surface area (Å²) < 4.78 is 25.4. The van der Waals surface area contributed by atoms with Crippen molar-refractivity contribution in [1.82, 2.24) is 4.90 Å². The summed E-state index contributed by atoms with van der Waals surface area (Å²) in [7, 11) is -0.153. The fourth-order valence-electron chi connectivity index (χ4n) is 2.11. The lowest BCUT2D eigenvalue weighted by atomic mass is 10.1. The summed E-state index contributed by atoms with van der Waals surface area (Å²) in [5.41, 5.74) is 1.84. The number of nitrogens with zero attached hydrogens (tertiary/aromatic N) is 1. The lowest BCUT2D eigenvalue weighted by Gasteiger charge is -2.14. The number of carbonyl (C=O) groups excluding carboxylic acids is 2. The number of thioether (sulfide) groups is 1. The van der Waals surface area contributed by atoms with Gasteiger partial charge in [-0.25, -0.2) is 8.42 Å². The summed E-state index contributed by atoms with van der Waals surface area (Å²) in [4.78, 5) is 26.6. The van der Waals surface area contributed by atoms with Crippen molar-refractivity contribution in [2.75, 3.05) is 30.4 Å². The molecular weight excluding hydrogens is 386 g/mol. The number of hydrogen-bond donors (Lipinski definition) is 2. The topological polar surface area (TPSA) is 95.6 Å². The molecule has 0 bridgehead atoms. The summed E-state index contributed by atoms with van der Waals surface area (Å²) in [6.45, 7) is 1.74. The highest BCUT2D eigenvalue weighted by molar-refractivity contribution is 8.13. The van der Waals surface area contributed by atoms with E-state index in [9.17, 15) is 18.0 Å². The lowest BCUT2D eigenvalue weighted by molar-refractivity contribution is 0.102. The molecule has 0 aliphatic carbocycles. The van der Waals surface area contributed by atoms with Crippen molar-refractivity contribution in [3.05, 3.63) is 53.6 Å². The normalized spacial score (nSPS) is 11.0. The van der Waals surface area contributed by atoms with Gasteiger partial charge in [0.1, 0.15) is 0 Å². The molecule has 0 atom stereocenters. The first-order valence-corrected chi connectivity index (χ1v) is 10.7. The van der Waals surface area contributed by atoms with Gasteiger partial charge in [-0.2, -0.15) is 0 Å². The fourth-order valence-corrected chi connectivity index (χ4v) is 3.48. The standard InChI is InChI=1S/C18H21N3O4S2/c1-12-9-10-13(11-15(12)20-27(4,24)25)17(22)19-14-7-5-6-8-16(14)26-18(23)21(2)3/h5-11,20H,1-4H3,(H,19,22). The predicted molar refractivity (Wildman–Crippen MR) is 109 cm³/mol. The van der Waals surface area contributed by atoms with Gasteiger partial charge in [-0.05, 0) is 48.5 Å². The molecule has 2 amide bonds. The maximum atomic E-state index is 12.6. The molecule has 2 aromatic rings. The fraction of sp³-hybridized carbons (Fsp3) is 0.222. The average molecular weight is 408 g/mol. The third kappa shape index (κ3) is 6.00. The van der Waals surface area contributed by atoms with Crippen LogP contribution in [0.5, 0.6) is 0 Å². The van der Waals surface area contributed by atoms with E-state index < -0.39 is 15.9 Å². The number of benzene rings is 2. The zero-order chi connectivity index (χ0) is 20.2. The molecular formula is C18H21N3O4S2. The minimum absolute atomic E-state index is 0.160. The molecule has 144 valence electrons. The maximum Gasteiger partial charge on any atom is 0.286 e. The number of aryl methyl sites for hydroxylation is 1. The van der Waals surface area contributed by atoms with Gasteiger partial charge in [-0.3, -0.25) is 14.3 Å². The Balaban J connectivity index is 2.26. The first kappa shape index (κ1) is 20.8. The Morgan fingerprint density at radius 3 is 2.33 bits per heavy atom. The van der Waals surface area contributed by atoms with Gasteiger partial charge in [0.15, 0.2) is 0 Å². The zero-order valence-electron chi connectivity index (χ0n) is 15.4. The molecule has 2 N–H and O–H groups in total.